The van der Waals surface area contributed by atoms with Crippen LogP contribution < -0.4 is 14.8 Å². The van der Waals surface area contributed by atoms with Crippen molar-refractivity contribution in [2.45, 2.75) is 33.9 Å². The van der Waals surface area contributed by atoms with Crippen LogP contribution in [0.25, 0.3) is 0 Å². The molecule has 1 N–H and O–H groups in total. The molecule has 0 unspecified atom stereocenters. The van der Waals surface area contributed by atoms with Gasteiger partial charge in [-0.15, -0.1) is 0 Å². The molecule has 2 amide bonds. The monoisotopic (exact) mass is 437 g/mol. The Balaban J connectivity index is 1.75. The molecule has 0 aliphatic rings. The van der Waals surface area contributed by atoms with E-state index >= 15 is 0 Å². The summed E-state index contributed by atoms with van der Waals surface area (Å²) in [5.74, 6) is 1.30. The lowest BCUT2D eigenvalue weighted by Gasteiger charge is -2.18. The summed E-state index contributed by atoms with van der Waals surface area (Å²) in [4.78, 5) is 26.0. The molecule has 8 nitrogen and oxygen atoms in total. The topological polar surface area (TPSA) is 93.9 Å². The Kier molecular flexibility index (Phi) is 7.14. The molecule has 0 fully saturated rings. The Morgan fingerprint density at radius 1 is 1.12 bits per heavy atom. The number of anilines is 1. The second-order valence-electron chi connectivity index (χ2n) is 7.44. The number of amides is 2. The van der Waals surface area contributed by atoms with Gasteiger partial charge in [0.15, 0.2) is 11.5 Å². The van der Waals surface area contributed by atoms with Gasteiger partial charge >= 0.3 is 0 Å². The quantitative estimate of drug-likeness (QED) is 0.570. The fourth-order valence-corrected chi connectivity index (χ4v) is 3.13. The predicted octanol–water partition coefficient (Wildman–Crippen LogP) is 4.11. The van der Waals surface area contributed by atoms with Gasteiger partial charge in [-0.2, -0.15) is 0 Å². The van der Waals surface area contributed by atoms with Gasteiger partial charge in [0.05, 0.1) is 18.4 Å². The number of para-hydroxylation sites is 1. The van der Waals surface area contributed by atoms with Crippen LogP contribution in [0.15, 0.2) is 47.0 Å². The lowest BCUT2D eigenvalue weighted by Crippen LogP contribution is -2.24. The van der Waals surface area contributed by atoms with Gasteiger partial charge in [-0.1, -0.05) is 23.4 Å². The summed E-state index contributed by atoms with van der Waals surface area (Å²) in [5.41, 5.74) is 3.54. The predicted molar refractivity (Wildman–Crippen MR) is 120 cm³/mol. The first kappa shape index (κ1) is 22.9. The summed E-state index contributed by atoms with van der Waals surface area (Å²) in [5, 5.41) is 6.84. The Hall–Kier alpha value is -3.81. The Morgan fingerprint density at radius 3 is 2.53 bits per heavy atom. The van der Waals surface area contributed by atoms with E-state index in [1.54, 1.807) is 36.2 Å². The maximum Gasteiger partial charge on any atom is 0.255 e. The number of aromatic nitrogens is 1. The average molecular weight is 437 g/mol. The summed E-state index contributed by atoms with van der Waals surface area (Å²) >= 11 is 0. The molecule has 8 heteroatoms. The molecule has 168 valence electrons. The Morgan fingerprint density at radius 2 is 1.88 bits per heavy atom. The van der Waals surface area contributed by atoms with Crippen molar-refractivity contribution in [2.75, 3.05) is 19.5 Å². The van der Waals surface area contributed by atoms with Crippen molar-refractivity contribution in [3.8, 4) is 11.5 Å². The summed E-state index contributed by atoms with van der Waals surface area (Å²) in [6.45, 7) is 5.85. The third-order valence-electron chi connectivity index (χ3n) is 5.19. The number of carbonyl (C=O) groups excluding carboxylic acids is 2. The van der Waals surface area contributed by atoms with Crippen LogP contribution in [0.1, 0.15) is 39.9 Å². The molecule has 0 atom stereocenters. The van der Waals surface area contributed by atoms with Crippen LogP contribution in [-0.4, -0.2) is 36.0 Å². The van der Waals surface area contributed by atoms with E-state index in [9.17, 15) is 9.59 Å². The minimum absolute atomic E-state index is 0.0527. The van der Waals surface area contributed by atoms with Crippen LogP contribution in [0, 0.1) is 13.8 Å². The molecule has 0 spiro atoms. The molecule has 1 aromatic heterocycles. The van der Waals surface area contributed by atoms with Gasteiger partial charge in [0.25, 0.3) is 5.91 Å². The molecule has 0 saturated heterocycles. The lowest BCUT2D eigenvalue weighted by molar-refractivity contribution is -0.128. The van der Waals surface area contributed by atoms with Crippen LogP contribution in [0.2, 0.25) is 0 Å². The van der Waals surface area contributed by atoms with E-state index in [-0.39, 0.29) is 18.4 Å². The first-order chi connectivity index (χ1) is 15.3. The minimum Gasteiger partial charge on any atom is -0.493 e. The van der Waals surface area contributed by atoms with Crippen molar-refractivity contribution in [2.24, 2.45) is 0 Å². The SMILES string of the molecule is COc1cc(C(=O)Nc2ccccc2CN(C)C(C)=O)ccc1OCc1c(C)noc1C. The number of carbonyl (C=O) groups is 2. The highest BCUT2D eigenvalue weighted by Crippen LogP contribution is 2.30. The zero-order valence-electron chi connectivity index (χ0n) is 18.9. The zero-order chi connectivity index (χ0) is 23.3. The van der Waals surface area contributed by atoms with Gasteiger partial charge in [0.1, 0.15) is 12.4 Å². The number of rotatable bonds is 8. The third kappa shape index (κ3) is 5.26. The van der Waals surface area contributed by atoms with Crippen LogP contribution >= 0.6 is 0 Å². The highest BCUT2D eigenvalue weighted by molar-refractivity contribution is 6.05. The van der Waals surface area contributed by atoms with Gasteiger partial charge in [0, 0.05) is 31.8 Å². The molecule has 2 aromatic carbocycles. The third-order valence-corrected chi connectivity index (χ3v) is 5.19. The van der Waals surface area contributed by atoms with Crippen molar-refractivity contribution >= 4 is 17.5 Å². The van der Waals surface area contributed by atoms with E-state index in [1.807, 2.05) is 32.0 Å². The Labute approximate surface area is 187 Å². The number of nitrogens with one attached hydrogen (secondary N) is 1. The van der Waals surface area contributed by atoms with Gasteiger partial charge in [-0.05, 0) is 43.7 Å². The number of methoxy groups -OCH3 is 1. The molecule has 0 aliphatic heterocycles. The highest BCUT2D eigenvalue weighted by atomic mass is 16.5. The van der Waals surface area contributed by atoms with Crippen LogP contribution in [0.3, 0.4) is 0 Å². The molecular formula is C24H27N3O5. The van der Waals surface area contributed by atoms with Crippen LogP contribution in [0.4, 0.5) is 5.69 Å². The van der Waals surface area contributed by atoms with Crippen molar-refractivity contribution < 1.29 is 23.6 Å². The van der Waals surface area contributed by atoms with Crippen molar-refractivity contribution in [3.63, 3.8) is 0 Å². The standard InChI is InChI=1S/C24H27N3O5/c1-15-20(16(2)32-26-15)14-31-22-11-10-18(12-23(22)30-5)24(29)25-21-9-7-6-8-19(21)13-27(4)17(3)28/h6-12H,13-14H2,1-5H3,(H,25,29). The van der Waals surface area contributed by atoms with Gasteiger partial charge in [-0.25, -0.2) is 0 Å². The average Bonchev–Trinajstić information content (AvgIpc) is 3.10. The normalized spacial score (nSPS) is 10.5. The summed E-state index contributed by atoms with van der Waals surface area (Å²) < 4.78 is 16.5. The lowest BCUT2D eigenvalue weighted by atomic mass is 10.1. The number of benzene rings is 2. The number of hydrogen-bond donors (Lipinski definition) is 1. The van der Waals surface area contributed by atoms with Gasteiger partial charge in [-0.3, -0.25) is 9.59 Å². The number of aryl methyl sites for hydroxylation is 2. The first-order valence-corrected chi connectivity index (χ1v) is 10.1. The molecule has 0 aliphatic carbocycles. The molecular weight excluding hydrogens is 410 g/mol. The smallest absolute Gasteiger partial charge is 0.255 e. The fourth-order valence-electron chi connectivity index (χ4n) is 3.13. The van der Waals surface area contributed by atoms with Crippen molar-refractivity contribution in [1.29, 1.82) is 0 Å². The molecule has 1 heterocycles. The van der Waals surface area contributed by atoms with Gasteiger partial charge in [0.2, 0.25) is 5.91 Å². The second kappa shape index (κ2) is 10.00. The highest BCUT2D eigenvalue weighted by Gasteiger charge is 2.16. The molecule has 0 saturated carbocycles. The molecule has 3 rings (SSSR count). The minimum atomic E-state index is -0.293. The van der Waals surface area contributed by atoms with E-state index in [2.05, 4.69) is 10.5 Å². The molecule has 3 aromatic rings. The summed E-state index contributed by atoms with van der Waals surface area (Å²) in [6.07, 6.45) is 0. The first-order valence-electron chi connectivity index (χ1n) is 10.1. The number of ether oxygens (including phenoxy) is 2. The van der Waals surface area contributed by atoms with E-state index in [1.165, 1.54) is 14.0 Å². The van der Waals surface area contributed by atoms with E-state index < -0.39 is 0 Å². The zero-order valence-corrected chi connectivity index (χ0v) is 18.9. The van der Waals surface area contributed by atoms with Gasteiger partial charge < -0.3 is 24.2 Å². The van der Waals surface area contributed by atoms with E-state index in [4.69, 9.17) is 14.0 Å². The molecule has 0 bridgehead atoms. The van der Waals surface area contributed by atoms with E-state index in [0.717, 1.165) is 16.8 Å². The maximum absolute atomic E-state index is 12.9. The largest absolute Gasteiger partial charge is 0.493 e. The molecule has 32 heavy (non-hydrogen) atoms. The number of nitrogens with zero attached hydrogens (tertiary/aromatic N) is 2. The summed E-state index contributed by atoms with van der Waals surface area (Å²) in [7, 11) is 3.24. The summed E-state index contributed by atoms with van der Waals surface area (Å²) in [6, 6.07) is 12.4. The second-order valence-corrected chi connectivity index (χ2v) is 7.44. The van der Waals surface area contributed by atoms with Crippen LogP contribution in [-0.2, 0) is 17.9 Å². The maximum atomic E-state index is 12.9. The Bertz CT molecular complexity index is 1100. The van der Waals surface area contributed by atoms with Crippen molar-refractivity contribution in [1.82, 2.24) is 10.1 Å². The van der Waals surface area contributed by atoms with E-state index in [0.29, 0.717) is 35.1 Å². The fraction of sp³-hybridized carbons (Fsp3) is 0.292. The number of hydrogen-bond acceptors (Lipinski definition) is 6. The van der Waals surface area contributed by atoms with Crippen LogP contribution in [0.5, 0.6) is 11.5 Å². The van der Waals surface area contributed by atoms with Crippen molar-refractivity contribution in [3.05, 3.63) is 70.6 Å². The molecule has 0 radical (unpaired) electrons.